The molecule has 0 aliphatic heterocycles. The summed E-state index contributed by atoms with van der Waals surface area (Å²) in [5.41, 5.74) is 0. The summed E-state index contributed by atoms with van der Waals surface area (Å²) in [6, 6.07) is 0. The van der Waals surface area contributed by atoms with E-state index in [1.807, 2.05) is 0 Å². The maximum atomic E-state index is 9.73. The molecule has 0 aromatic carbocycles. The third-order valence-electron chi connectivity index (χ3n) is 0.549. The Balaban J connectivity index is 0. The summed E-state index contributed by atoms with van der Waals surface area (Å²) in [6.07, 6.45) is 3.48. The standard InChI is InChI=1S/C3H3N3O.2ClH/c7-3-6-2-1-4-5-6;;/h1-3H;2*1H. The molecule has 1 heterocycles. The molecule has 1 aromatic heterocycles. The number of nitrogens with zero attached hydrogens (tertiary/aromatic N) is 3. The molecule has 52 valence electrons. The Morgan fingerprint density at radius 1 is 1.44 bits per heavy atom. The van der Waals surface area contributed by atoms with Crippen molar-refractivity contribution in [3.8, 4) is 0 Å². The number of hydrogen-bond donors (Lipinski definition) is 0. The molecule has 0 unspecified atom stereocenters. The van der Waals surface area contributed by atoms with Gasteiger partial charge in [-0.1, -0.05) is 5.21 Å². The van der Waals surface area contributed by atoms with Crippen LogP contribution < -0.4 is 0 Å². The fourth-order valence-electron chi connectivity index (χ4n) is 0.274. The smallest absolute Gasteiger partial charge is 0.235 e. The molecule has 1 aromatic rings. The Hall–Kier alpha value is -0.610. The lowest BCUT2D eigenvalue weighted by molar-refractivity contribution is 0.538. The summed E-state index contributed by atoms with van der Waals surface area (Å²) < 4.78 is 1.08. The molecule has 6 heteroatoms. The van der Waals surface area contributed by atoms with Gasteiger partial charge in [-0.2, -0.15) is 4.68 Å². The van der Waals surface area contributed by atoms with E-state index >= 15 is 0 Å². The predicted molar refractivity (Wildman–Crippen MR) is 36.7 cm³/mol. The Labute approximate surface area is 64.1 Å². The Morgan fingerprint density at radius 3 is 2.33 bits per heavy atom. The van der Waals surface area contributed by atoms with Crippen LogP contribution in [-0.4, -0.2) is 21.4 Å². The van der Waals surface area contributed by atoms with Crippen molar-refractivity contribution in [2.45, 2.75) is 0 Å². The number of carbonyl (C=O) groups is 1. The summed E-state index contributed by atoms with van der Waals surface area (Å²) in [6.45, 7) is 0. The molecule has 0 radical (unpaired) electrons. The van der Waals surface area contributed by atoms with Gasteiger partial charge in [-0.25, -0.2) is 0 Å². The Kier molecular flexibility index (Phi) is 6.89. The van der Waals surface area contributed by atoms with Crippen molar-refractivity contribution in [2.75, 3.05) is 0 Å². The third kappa shape index (κ3) is 3.05. The fraction of sp³-hybridized carbons (Fsp3) is 0. The van der Waals surface area contributed by atoms with Gasteiger partial charge >= 0.3 is 0 Å². The normalized spacial score (nSPS) is 6.67. The molecule has 0 fully saturated rings. The van der Waals surface area contributed by atoms with Crippen LogP contribution >= 0.6 is 24.8 Å². The second-order valence-electron chi connectivity index (χ2n) is 0.988. The number of halogens is 2. The van der Waals surface area contributed by atoms with Crippen molar-refractivity contribution < 1.29 is 4.79 Å². The largest absolute Gasteiger partial charge is 0.276 e. The quantitative estimate of drug-likeness (QED) is 0.564. The van der Waals surface area contributed by atoms with E-state index in [4.69, 9.17) is 0 Å². The summed E-state index contributed by atoms with van der Waals surface area (Å²) >= 11 is 0. The van der Waals surface area contributed by atoms with E-state index in [1.165, 1.54) is 12.4 Å². The van der Waals surface area contributed by atoms with Gasteiger partial charge in [-0.05, 0) is 0 Å². The van der Waals surface area contributed by atoms with Gasteiger partial charge in [-0.3, -0.25) is 4.79 Å². The molecule has 0 bridgehead atoms. The molecule has 4 nitrogen and oxygen atoms in total. The van der Waals surface area contributed by atoms with E-state index in [-0.39, 0.29) is 24.8 Å². The first-order valence-electron chi connectivity index (χ1n) is 1.74. The molecule has 1 rings (SSSR count). The lowest BCUT2D eigenvalue weighted by Gasteiger charge is -1.73. The van der Waals surface area contributed by atoms with Crippen molar-refractivity contribution in [3.05, 3.63) is 12.4 Å². The molecule has 0 aliphatic rings. The monoisotopic (exact) mass is 169 g/mol. The van der Waals surface area contributed by atoms with Gasteiger partial charge in [0.15, 0.2) is 0 Å². The van der Waals surface area contributed by atoms with Crippen LogP contribution in [0.1, 0.15) is 0 Å². The SMILES string of the molecule is Cl.Cl.O=Cn1ccnn1. The first-order chi connectivity index (χ1) is 3.43. The van der Waals surface area contributed by atoms with Crippen LogP contribution in [0.15, 0.2) is 12.4 Å². The molecule has 0 N–H and O–H groups in total. The van der Waals surface area contributed by atoms with Crippen molar-refractivity contribution in [2.24, 2.45) is 0 Å². The minimum Gasteiger partial charge on any atom is -0.276 e. The van der Waals surface area contributed by atoms with Gasteiger partial charge in [0.2, 0.25) is 6.41 Å². The molecule has 0 saturated carbocycles. The van der Waals surface area contributed by atoms with E-state index in [0.717, 1.165) is 4.68 Å². The average molecular weight is 170 g/mol. The second-order valence-corrected chi connectivity index (χ2v) is 0.988. The van der Waals surface area contributed by atoms with E-state index in [0.29, 0.717) is 6.41 Å². The summed E-state index contributed by atoms with van der Waals surface area (Å²) in [4.78, 5) is 9.73. The lowest BCUT2D eigenvalue weighted by Crippen LogP contribution is -1.93. The molecule has 0 saturated heterocycles. The van der Waals surface area contributed by atoms with Crippen LogP contribution in [0.25, 0.3) is 0 Å². The zero-order valence-corrected chi connectivity index (χ0v) is 5.93. The summed E-state index contributed by atoms with van der Waals surface area (Å²) in [5.74, 6) is 0. The molecule has 9 heavy (non-hydrogen) atoms. The van der Waals surface area contributed by atoms with Crippen molar-refractivity contribution in [1.29, 1.82) is 0 Å². The highest BCUT2D eigenvalue weighted by Gasteiger charge is 1.78. The number of hydrogen-bond acceptors (Lipinski definition) is 3. The summed E-state index contributed by atoms with van der Waals surface area (Å²) in [7, 11) is 0. The van der Waals surface area contributed by atoms with Crippen LogP contribution in [-0.2, 0) is 4.79 Å². The van der Waals surface area contributed by atoms with Gasteiger partial charge in [0.1, 0.15) is 0 Å². The average Bonchev–Trinajstić information content (AvgIpc) is 2.14. The molecule has 0 atom stereocenters. The highest BCUT2D eigenvalue weighted by atomic mass is 35.5. The zero-order valence-electron chi connectivity index (χ0n) is 4.30. The molecule has 0 amide bonds. The van der Waals surface area contributed by atoms with E-state index < -0.39 is 0 Å². The van der Waals surface area contributed by atoms with Gasteiger partial charge in [-0.15, -0.1) is 29.9 Å². The van der Waals surface area contributed by atoms with Gasteiger partial charge in [0.05, 0.1) is 12.4 Å². The minimum absolute atomic E-state index is 0. The Morgan fingerprint density at radius 2 is 2.11 bits per heavy atom. The highest BCUT2D eigenvalue weighted by molar-refractivity contribution is 5.85. The summed E-state index contributed by atoms with van der Waals surface area (Å²) in [5, 5.41) is 6.71. The topological polar surface area (TPSA) is 47.8 Å². The number of rotatable bonds is 1. The zero-order chi connectivity index (χ0) is 5.11. The number of aromatic nitrogens is 3. The van der Waals surface area contributed by atoms with Gasteiger partial charge in [0.25, 0.3) is 0 Å². The number of carbonyl (C=O) groups excluding carboxylic acids is 1. The van der Waals surface area contributed by atoms with E-state index in [9.17, 15) is 4.79 Å². The van der Waals surface area contributed by atoms with Crippen LogP contribution in [0.2, 0.25) is 0 Å². The Bertz CT molecular complexity index is 152. The minimum atomic E-state index is 0. The van der Waals surface area contributed by atoms with Gasteiger partial charge in [0, 0.05) is 0 Å². The fourth-order valence-corrected chi connectivity index (χ4v) is 0.274. The molecular formula is C3H5Cl2N3O. The molecule has 0 spiro atoms. The van der Waals surface area contributed by atoms with Crippen LogP contribution in [0, 0.1) is 0 Å². The van der Waals surface area contributed by atoms with Crippen molar-refractivity contribution in [1.82, 2.24) is 15.0 Å². The maximum absolute atomic E-state index is 9.73. The van der Waals surface area contributed by atoms with E-state index in [2.05, 4.69) is 10.3 Å². The lowest BCUT2D eigenvalue weighted by atomic mass is 10.9. The van der Waals surface area contributed by atoms with Crippen LogP contribution in [0.3, 0.4) is 0 Å². The van der Waals surface area contributed by atoms with E-state index in [1.54, 1.807) is 0 Å². The van der Waals surface area contributed by atoms with Crippen LogP contribution in [0.4, 0.5) is 0 Å². The van der Waals surface area contributed by atoms with Crippen molar-refractivity contribution in [3.63, 3.8) is 0 Å². The predicted octanol–water partition coefficient (Wildman–Crippen LogP) is 0.160. The second kappa shape index (κ2) is 5.53. The maximum Gasteiger partial charge on any atom is 0.235 e. The highest BCUT2D eigenvalue weighted by Crippen LogP contribution is 1.67. The first-order valence-corrected chi connectivity index (χ1v) is 1.74. The van der Waals surface area contributed by atoms with Crippen molar-refractivity contribution >= 4 is 31.2 Å². The first kappa shape index (κ1) is 11.2. The van der Waals surface area contributed by atoms with Gasteiger partial charge < -0.3 is 0 Å². The third-order valence-corrected chi connectivity index (χ3v) is 0.549. The van der Waals surface area contributed by atoms with Crippen LogP contribution in [0.5, 0.6) is 0 Å². The molecule has 0 aliphatic carbocycles. The molecular weight excluding hydrogens is 165 g/mol.